The van der Waals surface area contributed by atoms with E-state index in [2.05, 4.69) is 5.10 Å². The van der Waals surface area contributed by atoms with Gasteiger partial charge in [-0.15, -0.1) is 0 Å². The second kappa shape index (κ2) is 4.32. The first-order valence-electron chi connectivity index (χ1n) is 5.34. The Hall–Kier alpha value is -1.48. The van der Waals surface area contributed by atoms with Gasteiger partial charge in [0.1, 0.15) is 11.9 Å². The van der Waals surface area contributed by atoms with Crippen molar-refractivity contribution < 1.29 is 17.5 Å². The summed E-state index contributed by atoms with van der Waals surface area (Å²) in [6.45, 7) is 1.62. The fourth-order valence-electron chi connectivity index (χ4n) is 2.03. The van der Waals surface area contributed by atoms with Crippen LogP contribution in [-0.4, -0.2) is 35.5 Å². The standard InChI is InChI=1S/C9H13N3O5S/c1-6-9(12(13)14)5-10-11(6)7-3-8(4-7)17-18(2,15)16/h5,7-8H,3-4H2,1-2H3. The first-order chi connectivity index (χ1) is 8.28. The SMILES string of the molecule is Cc1c([N+](=O)[O-])cnn1C1CC(OS(C)(=O)=O)C1. The zero-order valence-corrected chi connectivity index (χ0v) is 10.8. The summed E-state index contributed by atoms with van der Waals surface area (Å²) in [5, 5.41) is 14.6. The Kier molecular flexibility index (Phi) is 3.11. The van der Waals surface area contributed by atoms with Crippen LogP contribution in [0.2, 0.25) is 0 Å². The summed E-state index contributed by atoms with van der Waals surface area (Å²) in [4.78, 5) is 10.2. The molecule has 8 nitrogen and oxygen atoms in total. The number of rotatable bonds is 4. The zero-order valence-electron chi connectivity index (χ0n) is 9.94. The minimum atomic E-state index is -3.45. The van der Waals surface area contributed by atoms with Crippen molar-refractivity contribution >= 4 is 15.8 Å². The van der Waals surface area contributed by atoms with Gasteiger partial charge < -0.3 is 0 Å². The van der Waals surface area contributed by atoms with E-state index >= 15 is 0 Å². The van der Waals surface area contributed by atoms with Crippen molar-refractivity contribution in [3.8, 4) is 0 Å². The van der Waals surface area contributed by atoms with Crippen LogP contribution in [0.15, 0.2) is 6.20 Å². The molecule has 0 spiro atoms. The predicted octanol–water partition coefficient (Wildman–Crippen LogP) is 0.779. The van der Waals surface area contributed by atoms with E-state index in [1.165, 1.54) is 6.20 Å². The van der Waals surface area contributed by atoms with Gasteiger partial charge in [0.25, 0.3) is 10.1 Å². The van der Waals surface area contributed by atoms with Crippen LogP contribution in [0.4, 0.5) is 5.69 Å². The molecule has 0 bridgehead atoms. The van der Waals surface area contributed by atoms with E-state index in [-0.39, 0.29) is 17.8 Å². The Morgan fingerprint density at radius 3 is 2.61 bits per heavy atom. The first kappa shape index (κ1) is 13.0. The van der Waals surface area contributed by atoms with Gasteiger partial charge in [0.15, 0.2) is 0 Å². The smallest absolute Gasteiger partial charge is 0.267 e. The third kappa shape index (κ3) is 2.51. The average molecular weight is 275 g/mol. The Bertz CT molecular complexity index is 573. The summed E-state index contributed by atoms with van der Waals surface area (Å²) >= 11 is 0. The Balaban J connectivity index is 2.03. The van der Waals surface area contributed by atoms with Crippen molar-refractivity contribution in [3.05, 3.63) is 22.0 Å². The monoisotopic (exact) mass is 275 g/mol. The minimum absolute atomic E-state index is 0.0255. The number of aromatic nitrogens is 2. The van der Waals surface area contributed by atoms with Crippen molar-refractivity contribution in [3.63, 3.8) is 0 Å². The normalized spacial score (nSPS) is 23.7. The van der Waals surface area contributed by atoms with Crippen molar-refractivity contribution in [2.75, 3.05) is 6.26 Å². The highest BCUT2D eigenvalue weighted by Crippen LogP contribution is 2.36. The molecule has 100 valence electrons. The molecule has 0 N–H and O–H groups in total. The Morgan fingerprint density at radius 1 is 1.56 bits per heavy atom. The molecule has 0 amide bonds. The van der Waals surface area contributed by atoms with Gasteiger partial charge in [0.05, 0.1) is 23.3 Å². The van der Waals surface area contributed by atoms with E-state index in [0.717, 1.165) is 6.26 Å². The largest absolute Gasteiger partial charge is 0.309 e. The van der Waals surface area contributed by atoms with Gasteiger partial charge in [-0.25, -0.2) is 0 Å². The fourth-order valence-corrected chi connectivity index (χ4v) is 2.68. The molecule has 1 aromatic heterocycles. The molecule has 0 saturated heterocycles. The van der Waals surface area contributed by atoms with Crippen LogP contribution in [0.3, 0.4) is 0 Å². The van der Waals surface area contributed by atoms with Gasteiger partial charge in [-0.3, -0.25) is 19.0 Å². The highest BCUT2D eigenvalue weighted by Gasteiger charge is 2.36. The van der Waals surface area contributed by atoms with E-state index in [1.54, 1.807) is 11.6 Å². The molecular weight excluding hydrogens is 262 g/mol. The Labute approximate surface area is 104 Å². The third-order valence-electron chi connectivity index (χ3n) is 2.94. The molecule has 1 saturated carbocycles. The number of nitro groups is 1. The molecule has 0 radical (unpaired) electrons. The van der Waals surface area contributed by atoms with Crippen molar-refractivity contribution in [1.82, 2.24) is 9.78 Å². The lowest BCUT2D eigenvalue weighted by molar-refractivity contribution is -0.385. The summed E-state index contributed by atoms with van der Waals surface area (Å²) in [6, 6.07) is -0.0366. The van der Waals surface area contributed by atoms with Gasteiger partial charge in [-0.2, -0.15) is 13.5 Å². The Morgan fingerprint density at radius 2 is 2.17 bits per heavy atom. The van der Waals surface area contributed by atoms with Crippen LogP contribution in [0, 0.1) is 17.0 Å². The second-order valence-corrected chi connectivity index (χ2v) is 5.97. The van der Waals surface area contributed by atoms with Gasteiger partial charge in [-0.05, 0) is 19.8 Å². The predicted molar refractivity (Wildman–Crippen MR) is 61.6 cm³/mol. The molecule has 2 rings (SSSR count). The topological polar surface area (TPSA) is 104 Å². The second-order valence-electron chi connectivity index (χ2n) is 4.36. The lowest BCUT2D eigenvalue weighted by atomic mass is 9.89. The molecule has 0 aliphatic heterocycles. The van der Waals surface area contributed by atoms with Crippen molar-refractivity contribution in [2.24, 2.45) is 0 Å². The van der Waals surface area contributed by atoms with Crippen LogP contribution < -0.4 is 0 Å². The van der Waals surface area contributed by atoms with Crippen LogP contribution in [-0.2, 0) is 14.3 Å². The lowest BCUT2D eigenvalue weighted by Crippen LogP contribution is -2.35. The molecule has 1 heterocycles. The van der Waals surface area contributed by atoms with E-state index < -0.39 is 15.0 Å². The molecular formula is C9H13N3O5S. The summed E-state index contributed by atoms with van der Waals surface area (Å²) in [5.74, 6) is 0. The van der Waals surface area contributed by atoms with E-state index in [1.807, 2.05) is 0 Å². The maximum Gasteiger partial charge on any atom is 0.309 e. The van der Waals surface area contributed by atoms with Crippen molar-refractivity contribution in [1.29, 1.82) is 0 Å². The summed E-state index contributed by atoms with van der Waals surface area (Å²) < 4.78 is 28.2. The maximum atomic E-state index is 10.9. The number of hydrogen-bond acceptors (Lipinski definition) is 6. The molecule has 0 unspecified atom stereocenters. The molecule has 0 aromatic carbocycles. The summed E-state index contributed by atoms with van der Waals surface area (Å²) in [6.07, 6.45) is 2.84. The molecule has 1 aliphatic rings. The first-order valence-corrected chi connectivity index (χ1v) is 7.16. The maximum absolute atomic E-state index is 10.9. The summed E-state index contributed by atoms with van der Waals surface area (Å²) in [7, 11) is -3.45. The molecule has 18 heavy (non-hydrogen) atoms. The van der Waals surface area contributed by atoms with Crippen LogP contribution in [0.25, 0.3) is 0 Å². The third-order valence-corrected chi connectivity index (χ3v) is 3.56. The molecule has 9 heteroatoms. The lowest BCUT2D eigenvalue weighted by Gasteiger charge is -2.34. The quantitative estimate of drug-likeness (QED) is 0.457. The highest BCUT2D eigenvalue weighted by molar-refractivity contribution is 7.86. The van der Waals surface area contributed by atoms with Crippen LogP contribution in [0.5, 0.6) is 0 Å². The highest BCUT2D eigenvalue weighted by atomic mass is 32.2. The zero-order chi connectivity index (χ0) is 13.5. The molecule has 1 aromatic rings. The average Bonchev–Trinajstić information content (AvgIpc) is 2.51. The number of nitrogens with zero attached hydrogens (tertiary/aromatic N) is 3. The fraction of sp³-hybridized carbons (Fsp3) is 0.667. The molecule has 0 atom stereocenters. The van der Waals surface area contributed by atoms with Gasteiger partial charge in [0, 0.05) is 0 Å². The minimum Gasteiger partial charge on any atom is -0.267 e. The van der Waals surface area contributed by atoms with Gasteiger partial charge >= 0.3 is 5.69 Å². The van der Waals surface area contributed by atoms with Gasteiger partial charge in [-0.1, -0.05) is 0 Å². The molecule has 1 fully saturated rings. The van der Waals surface area contributed by atoms with E-state index in [9.17, 15) is 18.5 Å². The van der Waals surface area contributed by atoms with Crippen molar-refractivity contribution in [2.45, 2.75) is 31.9 Å². The molecule has 1 aliphatic carbocycles. The van der Waals surface area contributed by atoms with E-state index in [4.69, 9.17) is 4.18 Å². The van der Waals surface area contributed by atoms with Crippen LogP contribution >= 0.6 is 0 Å². The van der Waals surface area contributed by atoms with E-state index in [0.29, 0.717) is 18.5 Å². The summed E-state index contributed by atoms with van der Waals surface area (Å²) in [5.41, 5.74) is 0.449. The number of hydrogen-bond donors (Lipinski definition) is 0. The van der Waals surface area contributed by atoms with Crippen LogP contribution in [0.1, 0.15) is 24.6 Å². The van der Waals surface area contributed by atoms with Gasteiger partial charge in [0.2, 0.25) is 0 Å².